The van der Waals surface area contributed by atoms with Crippen LogP contribution in [0.4, 0.5) is 0 Å². The van der Waals surface area contributed by atoms with Crippen molar-refractivity contribution in [1.82, 2.24) is 10.9 Å². The zero-order valence-electron chi connectivity index (χ0n) is 11.3. The van der Waals surface area contributed by atoms with Gasteiger partial charge in [0.05, 0.1) is 11.7 Å². The number of para-hydroxylation sites is 1. The number of benzene rings is 1. The molecule has 1 aromatic carbocycles. The second kappa shape index (κ2) is 6.37. The molecule has 116 valence electrons. The minimum atomic E-state index is -1.42. The third kappa shape index (κ3) is 3.31. The van der Waals surface area contributed by atoms with Crippen LogP contribution in [0, 0.1) is 0 Å². The molecule has 1 aliphatic heterocycles. The van der Waals surface area contributed by atoms with Crippen molar-refractivity contribution >= 4 is 5.91 Å². The normalized spacial score (nSPS) is 32.7. The molecule has 1 aromatic rings. The SMILES string of the molecule is C[C@@H]1O[C@H](NNC(=O)c2ccccc2O)[C@H](O)[C@H](O)[C@@H]1O. The average Bonchev–Trinajstić information content (AvgIpc) is 2.47. The Morgan fingerprint density at radius 3 is 2.48 bits per heavy atom. The topological polar surface area (TPSA) is 131 Å². The first-order chi connectivity index (χ1) is 9.91. The van der Waals surface area contributed by atoms with Crippen LogP contribution in [-0.2, 0) is 4.74 Å². The highest BCUT2D eigenvalue weighted by Crippen LogP contribution is 2.19. The summed E-state index contributed by atoms with van der Waals surface area (Å²) in [5.74, 6) is -0.817. The predicted molar refractivity (Wildman–Crippen MR) is 71.1 cm³/mol. The lowest BCUT2D eigenvalue weighted by Gasteiger charge is -2.39. The summed E-state index contributed by atoms with van der Waals surface area (Å²) in [6, 6.07) is 5.95. The first-order valence-electron chi connectivity index (χ1n) is 6.45. The molecule has 1 saturated heterocycles. The molecule has 2 rings (SSSR count). The molecule has 1 fully saturated rings. The van der Waals surface area contributed by atoms with Gasteiger partial charge in [-0.3, -0.25) is 10.2 Å². The largest absolute Gasteiger partial charge is 0.507 e. The van der Waals surface area contributed by atoms with E-state index in [1.165, 1.54) is 19.1 Å². The van der Waals surface area contributed by atoms with E-state index >= 15 is 0 Å². The molecular weight excluding hydrogens is 280 g/mol. The molecule has 0 spiro atoms. The molecule has 8 nitrogen and oxygen atoms in total. The quantitative estimate of drug-likeness (QED) is 0.373. The van der Waals surface area contributed by atoms with Crippen molar-refractivity contribution in [1.29, 1.82) is 0 Å². The number of phenols is 1. The van der Waals surface area contributed by atoms with Crippen molar-refractivity contribution in [2.45, 2.75) is 37.6 Å². The number of phenolic OH excluding ortho intramolecular Hbond substituents is 1. The van der Waals surface area contributed by atoms with Gasteiger partial charge in [0, 0.05) is 0 Å². The number of ether oxygens (including phenoxy) is 1. The number of aliphatic hydroxyl groups is 3. The minimum absolute atomic E-state index is 0.0453. The highest BCUT2D eigenvalue weighted by molar-refractivity contribution is 5.96. The summed E-state index contributed by atoms with van der Waals surface area (Å²) in [4.78, 5) is 11.9. The number of amides is 1. The molecule has 0 aliphatic carbocycles. The van der Waals surface area contributed by atoms with E-state index in [2.05, 4.69) is 10.9 Å². The number of hydrogen-bond acceptors (Lipinski definition) is 7. The molecule has 0 aromatic heterocycles. The zero-order chi connectivity index (χ0) is 15.6. The van der Waals surface area contributed by atoms with E-state index in [0.29, 0.717) is 0 Å². The molecule has 8 heteroatoms. The van der Waals surface area contributed by atoms with E-state index in [1.807, 2.05) is 0 Å². The molecular formula is C13H18N2O6. The Labute approximate surface area is 121 Å². The van der Waals surface area contributed by atoms with Gasteiger partial charge in [-0.2, -0.15) is 0 Å². The highest BCUT2D eigenvalue weighted by atomic mass is 16.5. The monoisotopic (exact) mass is 298 g/mol. The highest BCUT2D eigenvalue weighted by Gasteiger charge is 2.41. The Balaban J connectivity index is 1.97. The lowest BCUT2D eigenvalue weighted by Crippen LogP contribution is -2.63. The lowest BCUT2D eigenvalue weighted by molar-refractivity contribution is -0.226. The molecule has 0 radical (unpaired) electrons. The summed E-state index contributed by atoms with van der Waals surface area (Å²) in [5, 5.41) is 38.5. The Bertz CT molecular complexity index is 511. The van der Waals surface area contributed by atoms with Gasteiger partial charge < -0.3 is 25.2 Å². The fraction of sp³-hybridized carbons (Fsp3) is 0.462. The van der Waals surface area contributed by atoms with E-state index in [1.54, 1.807) is 12.1 Å². The molecule has 0 saturated carbocycles. The van der Waals surface area contributed by atoms with Crippen LogP contribution < -0.4 is 10.9 Å². The maximum Gasteiger partial charge on any atom is 0.269 e. The maximum absolute atomic E-state index is 11.9. The third-order valence-electron chi connectivity index (χ3n) is 3.33. The fourth-order valence-corrected chi connectivity index (χ4v) is 2.04. The standard InChI is InChI=1S/C13H18N2O6/c1-6-9(17)10(18)11(19)13(21-6)15-14-12(20)7-4-2-3-5-8(7)16/h2-6,9-11,13,15-19H,1H3,(H,14,20)/t6-,9+,10+,11+,13-/m0/s1. The van der Waals surface area contributed by atoms with Gasteiger partial charge in [0.2, 0.25) is 0 Å². The van der Waals surface area contributed by atoms with Crippen molar-refractivity contribution in [3.05, 3.63) is 29.8 Å². The van der Waals surface area contributed by atoms with Gasteiger partial charge in [-0.1, -0.05) is 12.1 Å². The van der Waals surface area contributed by atoms with Gasteiger partial charge in [0.15, 0.2) is 6.23 Å². The number of hydrogen-bond donors (Lipinski definition) is 6. The molecule has 5 atom stereocenters. The van der Waals surface area contributed by atoms with Crippen LogP contribution in [0.3, 0.4) is 0 Å². The number of nitrogens with one attached hydrogen (secondary N) is 2. The van der Waals surface area contributed by atoms with Crippen LogP contribution in [0.5, 0.6) is 5.75 Å². The van der Waals surface area contributed by atoms with Gasteiger partial charge in [0.1, 0.15) is 24.1 Å². The smallest absolute Gasteiger partial charge is 0.269 e. The van der Waals surface area contributed by atoms with Crippen LogP contribution in [0.1, 0.15) is 17.3 Å². The van der Waals surface area contributed by atoms with Gasteiger partial charge in [0.25, 0.3) is 5.91 Å². The van der Waals surface area contributed by atoms with E-state index in [4.69, 9.17) is 4.74 Å². The lowest BCUT2D eigenvalue weighted by atomic mass is 9.99. The van der Waals surface area contributed by atoms with Crippen molar-refractivity contribution in [3.8, 4) is 5.75 Å². The number of carbonyl (C=O) groups excluding carboxylic acids is 1. The molecule has 0 unspecified atom stereocenters. The summed E-state index contributed by atoms with van der Waals surface area (Å²) < 4.78 is 5.25. The number of rotatable bonds is 3. The van der Waals surface area contributed by atoms with Gasteiger partial charge in [-0.25, -0.2) is 5.43 Å². The molecule has 1 heterocycles. The zero-order valence-corrected chi connectivity index (χ0v) is 11.3. The van der Waals surface area contributed by atoms with Crippen LogP contribution >= 0.6 is 0 Å². The van der Waals surface area contributed by atoms with Crippen molar-refractivity contribution in [3.63, 3.8) is 0 Å². The van der Waals surface area contributed by atoms with Crippen molar-refractivity contribution < 1.29 is 30.0 Å². The second-order valence-electron chi connectivity index (χ2n) is 4.85. The number of aromatic hydroxyl groups is 1. The van der Waals surface area contributed by atoms with Gasteiger partial charge in [-0.05, 0) is 19.1 Å². The van der Waals surface area contributed by atoms with E-state index in [-0.39, 0.29) is 11.3 Å². The Hall–Kier alpha value is -1.71. The van der Waals surface area contributed by atoms with Crippen LogP contribution in [-0.4, -0.2) is 57.0 Å². The third-order valence-corrected chi connectivity index (χ3v) is 3.33. The predicted octanol–water partition coefficient (Wildman–Crippen LogP) is -1.55. The number of hydrazine groups is 1. The number of aliphatic hydroxyl groups excluding tert-OH is 3. The average molecular weight is 298 g/mol. The van der Waals surface area contributed by atoms with Crippen LogP contribution in [0.2, 0.25) is 0 Å². The van der Waals surface area contributed by atoms with E-state index in [9.17, 15) is 25.2 Å². The summed E-state index contributed by atoms with van der Waals surface area (Å²) in [7, 11) is 0. The Kier molecular flexibility index (Phi) is 4.76. The molecule has 1 amide bonds. The molecule has 1 aliphatic rings. The maximum atomic E-state index is 11.9. The molecule has 6 N–H and O–H groups in total. The summed E-state index contributed by atoms with van der Waals surface area (Å²) in [6.07, 6.45) is -5.84. The number of carbonyl (C=O) groups is 1. The van der Waals surface area contributed by atoms with Crippen LogP contribution in [0.25, 0.3) is 0 Å². The fourth-order valence-electron chi connectivity index (χ4n) is 2.04. The second-order valence-corrected chi connectivity index (χ2v) is 4.85. The van der Waals surface area contributed by atoms with Crippen molar-refractivity contribution in [2.24, 2.45) is 0 Å². The van der Waals surface area contributed by atoms with E-state index in [0.717, 1.165) is 0 Å². The Morgan fingerprint density at radius 2 is 1.81 bits per heavy atom. The summed E-state index contributed by atoms with van der Waals surface area (Å²) in [6.45, 7) is 1.53. The van der Waals surface area contributed by atoms with Crippen LogP contribution in [0.15, 0.2) is 24.3 Å². The summed E-state index contributed by atoms with van der Waals surface area (Å²) >= 11 is 0. The molecule has 21 heavy (non-hydrogen) atoms. The Morgan fingerprint density at radius 1 is 1.14 bits per heavy atom. The van der Waals surface area contributed by atoms with Gasteiger partial charge >= 0.3 is 0 Å². The summed E-state index contributed by atoms with van der Waals surface area (Å²) in [5.41, 5.74) is 4.74. The van der Waals surface area contributed by atoms with Crippen molar-refractivity contribution in [2.75, 3.05) is 0 Å². The first-order valence-corrected chi connectivity index (χ1v) is 6.45. The van der Waals surface area contributed by atoms with E-state index < -0.39 is 36.6 Å². The first kappa shape index (κ1) is 15.7. The minimum Gasteiger partial charge on any atom is -0.507 e. The molecule has 0 bridgehead atoms. The van der Waals surface area contributed by atoms with Gasteiger partial charge in [-0.15, -0.1) is 0 Å².